The Balaban J connectivity index is 1.17. The van der Waals surface area contributed by atoms with Crippen molar-refractivity contribution < 1.29 is 23.8 Å². The van der Waals surface area contributed by atoms with E-state index < -0.39 is 0 Å². The molecule has 3 aliphatic rings. The smallest absolute Gasteiger partial charge is 0.258 e. The molecule has 6 rings (SSSR count). The molecule has 2 fully saturated rings. The minimum absolute atomic E-state index is 0.00338. The average molecular weight is 600 g/mol. The number of imidazole rings is 1. The second-order valence-electron chi connectivity index (χ2n) is 12.2. The topological polar surface area (TPSA) is 107 Å². The largest absolute Gasteiger partial charge is 0.493 e. The predicted octanol–water partition coefficient (Wildman–Crippen LogP) is 4.27. The highest BCUT2D eigenvalue weighted by molar-refractivity contribution is 5.95. The summed E-state index contributed by atoms with van der Waals surface area (Å²) in [4.78, 5) is 33.2. The molecule has 1 spiro atoms. The van der Waals surface area contributed by atoms with Gasteiger partial charge in [-0.05, 0) is 81.5 Å². The van der Waals surface area contributed by atoms with Crippen LogP contribution in [-0.2, 0) is 16.1 Å². The van der Waals surface area contributed by atoms with Crippen LogP contribution < -0.4 is 20.1 Å². The quantitative estimate of drug-likeness (QED) is 0.408. The molecule has 44 heavy (non-hydrogen) atoms. The maximum atomic E-state index is 13.5. The van der Waals surface area contributed by atoms with Crippen molar-refractivity contribution in [2.75, 3.05) is 39.9 Å². The molecule has 10 nitrogen and oxygen atoms in total. The number of nitrogens with one attached hydrogen (secondary N) is 2. The van der Waals surface area contributed by atoms with E-state index in [0.29, 0.717) is 29.4 Å². The van der Waals surface area contributed by atoms with Gasteiger partial charge in [0.25, 0.3) is 11.8 Å². The van der Waals surface area contributed by atoms with Gasteiger partial charge in [0, 0.05) is 61.9 Å². The van der Waals surface area contributed by atoms with Gasteiger partial charge in [-0.1, -0.05) is 11.6 Å². The molecule has 1 atom stereocenters. The van der Waals surface area contributed by atoms with Gasteiger partial charge < -0.3 is 24.8 Å². The fourth-order valence-corrected chi connectivity index (χ4v) is 6.27. The van der Waals surface area contributed by atoms with Gasteiger partial charge in [0.1, 0.15) is 5.82 Å². The summed E-state index contributed by atoms with van der Waals surface area (Å²) < 4.78 is 19.7. The van der Waals surface area contributed by atoms with E-state index in [1.165, 1.54) is 5.57 Å². The number of piperidine rings is 1. The molecular formula is C34H41N5O5. The van der Waals surface area contributed by atoms with Gasteiger partial charge in [-0.25, -0.2) is 4.98 Å². The van der Waals surface area contributed by atoms with Gasteiger partial charge in [-0.2, -0.15) is 0 Å². The molecule has 2 amide bonds. The summed E-state index contributed by atoms with van der Waals surface area (Å²) in [5.74, 6) is 1.20. The Bertz CT molecular complexity index is 1550. The predicted molar refractivity (Wildman–Crippen MR) is 167 cm³/mol. The van der Waals surface area contributed by atoms with E-state index >= 15 is 0 Å². The van der Waals surface area contributed by atoms with Crippen LogP contribution in [0.15, 0.2) is 60.4 Å². The number of aromatic nitrogens is 2. The van der Waals surface area contributed by atoms with E-state index in [0.717, 1.165) is 62.1 Å². The number of carbonyl (C=O) groups excluding carboxylic acids is 2. The number of allylic oxidation sites excluding steroid dienone is 1. The standard InChI is InChI=1S/C34H41N5O5/c1-23(2)7-12-38-13-9-34(10-14-38)8-6-28(44-34)21-37-33(41)26-16-24-17-27(18-26)39-15-11-35-32(39)25-4-5-29(42-3)30(19-25)43-22-31(40)36-20-24/h4-5,7,11,15-19,28H,6,8-10,12-14,20-22H2,1-3H3,(H,36,40)(H,37,41). The Morgan fingerprint density at radius 1 is 1.18 bits per heavy atom. The van der Waals surface area contributed by atoms with Crippen molar-refractivity contribution in [3.63, 3.8) is 0 Å². The third-order valence-corrected chi connectivity index (χ3v) is 8.78. The molecule has 3 aromatic rings. The van der Waals surface area contributed by atoms with Crippen LogP contribution >= 0.6 is 0 Å². The third kappa shape index (κ3) is 6.66. The number of hydrogen-bond acceptors (Lipinski definition) is 7. The van der Waals surface area contributed by atoms with Crippen molar-refractivity contribution in [1.82, 2.24) is 25.1 Å². The lowest BCUT2D eigenvalue weighted by Gasteiger charge is -2.39. The van der Waals surface area contributed by atoms with E-state index in [4.69, 9.17) is 14.2 Å². The lowest BCUT2D eigenvalue weighted by molar-refractivity contribution is -0.123. The van der Waals surface area contributed by atoms with Crippen LogP contribution in [0.4, 0.5) is 0 Å². The first-order valence-corrected chi connectivity index (χ1v) is 15.4. The first-order chi connectivity index (χ1) is 21.3. The summed E-state index contributed by atoms with van der Waals surface area (Å²) in [6, 6.07) is 11.1. The molecule has 2 saturated heterocycles. The van der Waals surface area contributed by atoms with Crippen molar-refractivity contribution in [1.29, 1.82) is 0 Å². The summed E-state index contributed by atoms with van der Waals surface area (Å²) in [6.07, 6.45) is 9.89. The molecule has 0 radical (unpaired) electrons. The monoisotopic (exact) mass is 599 g/mol. The minimum Gasteiger partial charge on any atom is -0.493 e. The van der Waals surface area contributed by atoms with Crippen LogP contribution in [0.25, 0.3) is 17.1 Å². The van der Waals surface area contributed by atoms with Crippen molar-refractivity contribution in [2.24, 2.45) is 0 Å². The van der Waals surface area contributed by atoms with E-state index in [9.17, 15) is 9.59 Å². The van der Waals surface area contributed by atoms with Gasteiger partial charge in [-0.15, -0.1) is 0 Å². The van der Waals surface area contributed by atoms with Gasteiger partial charge >= 0.3 is 0 Å². The van der Waals surface area contributed by atoms with Crippen LogP contribution in [0.5, 0.6) is 11.5 Å². The first-order valence-electron chi connectivity index (χ1n) is 15.4. The maximum absolute atomic E-state index is 13.5. The van der Waals surface area contributed by atoms with Crippen LogP contribution in [0.3, 0.4) is 0 Å². The molecule has 3 aliphatic heterocycles. The fourth-order valence-electron chi connectivity index (χ4n) is 6.27. The summed E-state index contributed by atoms with van der Waals surface area (Å²) in [7, 11) is 1.56. The maximum Gasteiger partial charge on any atom is 0.258 e. The van der Waals surface area contributed by atoms with Crippen LogP contribution in [0.1, 0.15) is 55.5 Å². The molecule has 4 heterocycles. The normalized spacial score (nSPS) is 19.4. The van der Waals surface area contributed by atoms with E-state index in [2.05, 4.69) is 40.4 Å². The minimum atomic E-state index is -0.277. The van der Waals surface area contributed by atoms with Crippen molar-refractivity contribution in [3.8, 4) is 28.6 Å². The molecule has 2 N–H and O–H groups in total. The number of methoxy groups -OCH3 is 1. The zero-order chi connectivity index (χ0) is 30.7. The summed E-state index contributed by atoms with van der Waals surface area (Å²) >= 11 is 0. The molecule has 4 bridgehead atoms. The molecular weight excluding hydrogens is 558 g/mol. The summed E-state index contributed by atoms with van der Waals surface area (Å²) in [6.45, 7) is 7.88. The van der Waals surface area contributed by atoms with Crippen LogP contribution in [0.2, 0.25) is 0 Å². The Morgan fingerprint density at radius 3 is 2.82 bits per heavy atom. The number of nitrogens with zero attached hydrogens (tertiary/aromatic N) is 3. The number of amides is 2. The third-order valence-electron chi connectivity index (χ3n) is 8.78. The molecule has 1 unspecified atom stereocenters. The fraction of sp³-hybridized carbons (Fsp3) is 0.441. The number of rotatable bonds is 6. The summed E-state index contributed by atoms with van der Waals surface area (Å²) in [5, 5.41) is 6.02. The van der Waals surface area contributed by atoms with E-state index in [1.807, 2.05) is 41.1 Å². The number of hydrogen-bond donors (Lipinski definition) is 2. The second kappa shape index (κ2) is 12.8. The van der Waals surface area contributed by atoms with Crippen LogP contribution in [0, 0.1) is 0 Å². The van der Waals surface area contributed by atoms with Crippen molar-refractivity contribution >= 4 is 11.8 Å². The number of likely N-dealkylation sites (tertiary alicyclic amines) is 1. The Morgan fingerprint density at radius 2 is 2.02 bits per heavy atom. The number of benzene rings is 2. The Hall–Kier alpha value is -4.15. The molecule has 0 saturated carbocycles. The molecule has 10 heteroatoms. The highest BCUT2D eigenvalue weighted by Crippen LogP contribution is 2.39. The number of carbonyl (C=O) groups is 2. The zero-order valence-electron chi connectivity index (χ0n) is 25.7. The second-order valence-corrected chi connectivity index (χ2v) is 12.2. The van der Waals surface area contributed by atoms with Gasteiger partial charge in [0.2, 0.25) is 0 Å². The zero-order valence-corrected chi connectivity index (χ0v) is 25.7. The lowest BCUT2D eigenvalue weighted by atomic mass is 9.88. The van der Waals surface area contributed by atoms with Crippen molar-refractivity contribution in [2.45, 2.75) is 57.8 Å². The van der Waals surface area contributed by atoms with Crippen LogP contribution in [-0.4, -0.2) is 77.9 Å². The highest BCUT2D eigenvalue weighted by atomic mass is 16.5. The highest BCUT2D eigenvalue weighted by Gasteiger charge is 2.42. The van der Waals surface area contributed by atoms with E-state index in [1.54, 1.807) is 19.4 Å². The number of ether oxygens (including phenoxy) is 3. The average Bonchev–Trinajstić information content (AvgIpc) is 3.68. The molecule has 0 aliphatic carbocycles. The lowest BCUT2D eigenvalue weighted by Crippen LogP contribution is -2.45. The van der Waals surface area contributed by atoms with E-state index in [-0.39, 0.29) is 36.7 Å². The van der Waals surface area contributed by atoms with Gasteiger partial charge in [0.15, 0.2) is 18.1 Å². The van der Waals surface area contributed by atoms with Crippen molar-refractivity contribution in [3.05, 3.63) is 71.6 Å². The Labute approximate surface area is 258 Å². The Kier molecular flexibility index (Phi) is 8.72. The molecule has 232 valence electrons. The number of fused-ring (bicyclic) bond motifs is 7. The SMILES string of the molecule is COc1ccc2cc1OCC(=O)NCc1cc(C(=O)NCC3CCC4(CCN(CC=C(C)C)CC4)O3)cc(c1)-n1ccnc1-2. The molecule has 1 aromatic heterocycles. The van der Waals surface area contributed by atoms with Gasteiger partial charge in [0.05, 0.1) is 18.8 Å². The molecule has 2 aromatic carbocycles. The van der Waals surface area contributed by atoms with Gasteiger partial charge in [-0.3, -0.25) is 19.1 Å². The first kappa shape index (κ1) is 29.9. The summed E-state index contributed by atoms with van der Waals surface area (Å²) in [5.41, 5.74) is 4.13.